The van der Waals surface area contributed by atoms with Crippen LogP contribution in [-0.2, 0) is 10.2 Å². The fraction of sp³-hybridized carbons (Fsp3) is 0.750. The van der Waals surface area contributed by atoms with Crippen molar-refractivity contribution >= 4 is 11.8 Å². The van der Waals surface area contributed by atoms with E-state index in [9.17, 15) is 9.59 Å². The van der Waals surface area contributed by atoms with E-state index in [4.69, 9.17) is 0 Å². The Labute approximate surface area is 224 Å². The first-order valence-corrected chi connectivity index (χ1v) is 15.3. The van der Waals surface area contributed by atoms with Crippen LogP contribution >= 0.6 is 0 Å². The van der Waals surface area contributed by atoms with Gasteiger partial charge in [-0.3, -0.25) is 9.59 Å². The predicted octanol–water partition coefficient (Wildman–Crippen LogP) is 5.68. The normalized spacial score (nSPS) is 31.9. The van der Waals surface area contributed by atoms with Crippen molar-refractivity contribution in [1.82, 2.24) is 15.5 Å². The Morgan fingerprint density at radius 3 is 2.24 bits per heavy atom. The molecule has 6 rings (SSSR count). The topological polar surface area (TPSA) is 61.4 Å². The minimum atomic E-state index is -0.520. The number of hydrogen-bond acceptors (Lipinski definition) is 3. The van der Waals surface area contributed by atoms with Gasteiger partial charge in [-0.2, -0.15) is 0 Å². The maximum absolute atomic E-state index is 13.1. The third-order valence-electron chi connectivity index (χ3n) is 10.2. The van der Waals surface area contributed by atoms with Crippen molar-refractivity contribution in [2.45, 2.75) is 109 Å². The molecule has 5 nitrogen and oxygen atoms in total. The van der Waals surface area contributed by atoms with Crippen molar-refractivity contribution in [3.05, 3.63) is 35.4 Å². The number of carbonyl (C=O) groups is 2. The van der Waals surface area contributed by atoms with Gasteiger partial charge in [0.15, 0.2) is 0 Å². The van der Waals surface area contributed by atoms with E-state index < -0.39 is 6.04 Å². The van der Waals surface area contributed by atoms with E-state index in [0.29, 0.717) is 23.6 Å². The van der Waals surface area contributed by atoms with E-state index >= 15 is 0 Å². The number of benzene rings is 1. The van der Waals surface area contributed by atoms with Gasteiger partial charge in [-0.05, 0) is 118 Å². The summed E-state index contributed by atoms with van der Waals surface area (Å²) in [7, 11) is 0. The van der Waals surface area contributed by atoms with Gasteiger partial charge in [0.05, 0.1) is 0 Å². The molecule has 1 aromatic rings. The van der Waals surface area contributed by atoms with Gasteiger partial charge in [0.2, 0.25) is 5.91 Å². The van der Waals surface area contributed by atoms with E-state index in [1.54, 1.807) is 0 Å². The second-order valence-electron chi connectivity index (χ2n) is 13.2. The van der Waals surface area contributed by atoms with E-state index in [1.807, 2.05) is 26.0 Å². The summed E-state index contributed by atoms with van der Waals surface area (Å²) >= 11 is 0. The molecular formula is C32H49N3O2. The van der Waals surface area contributed by atoms with Crippen molar-refractivity contribution in [1.29, 1.82) is 0 Å². The highest BCUT2D eigenvalue weighted by molar-refractivity contribution is 5.97. The highest BCUT2D eigenvalue weighted by Gasteiger charge is 2.51. The van der Waals surface area contributed by atoms with Crippen LogP contribution in [-0.4, -0.2) is 48.4 Å². The lowest BCUT2D eigenvalue weighted by Gasteiger charge is -2.57. The molecule has 0 aromatic heterocycles. The SMILES string of the molecule is CCC1CCCCN1CCCNC(=O)C(NC(=O)c1ccc(C23CC4CC(CC(C4)C2)C3)cc1)C(C)C. The Morgan fingerprint density at radius 1 is 1.00 bits per heavy atom. The summed E-state index contributed by atoms with van der Waals surface area (Å²) < 4.78 is 0. The van der Waals surface area contributed by atoms with Crippen molar-refractivity contribution in [2.24, 2.45) is 23.7 Å². The van der Waals surface area contributed by atoms with Crippen LogP contribution in [0.3, 0.4) is 0 Å². The largest absolute Gasteiger partial charge is 0.354 e. The Kier molecular flexibility index (Phi) is 8.28. The molecule has 5 fully saturated rings. The van der Waals surface area contributed by atoms with E-state index in [-0.39, 0.29) is 17.7 Å². The number of likely N-dealkylation sites (tertiary alicyclic amines) is 1. The Morgan fingerprint density at radius 2 is 1.65 bits per heavy atom. The molecule has 2 unspecified atom stereocenters. The number of nitrogens with one attached hydrogen (secondary N) is 2. The first-order chi connectivity index (χ1) is 17.9. The lowest BCUT2D eigenvalue weighted by Crippen LogP contribution is -2.50. The molecule has 4 bridgehead atoms. The predicted molar refractivity (Wildman–Crippen MR) is 150 cm³/mol. The number of amides is 2. The first kappa shape index (κ1) is 26.7. The van der Waals surface area contributed by atoms with Crippen LogP contribution in [0.1, 0.15) is 107 Å². The second-order valence-corrected chi connectivity index (χ2v) is 13.2. The monoisotopic (exact) mass is 507 g/mol. The van der Waals surface area contributed by atoms with Crippen molar-refractivity contribution in [3.8, 4) is 0 Å². The Bertz CT molecular complexity index is 905. The molecule has 37 heavy (non-hydrogen) atoms. The van der Waals surface area contributed by atoms with Gasteiger partial charge in [-0.25, -0.2) is 0 Å². The van der Waals surface area contributed by atoms with Gasteiger partial charge in [0.1, 0.15) is 6.04 Å². The highest BCUT2D eigenvalue weighted by Crippen LogP contribution is 2.60. The average molecular weight is 508 g/mol. The Balaban J connectivity index is 1.13. The number of piperidine rings is 1. The number of hydrogen-bond donors (Lipinski definition) is 2. The van der Waals surface area contributed by atoms with Crippen LogP contribution in [0.5, 0.6) is 0 Å². The van der Waals surface area contributed by atoms with Crippen molar-refractivity contribution in [2.75, 3.05) is 19.6 Å². The van der Waals surface area contributed by atoms with E-state index in [0.717, 1.165) is 30.7 Å². The smallest absolute Gasteiger partial charge is 0.251 e. The molecule has 1 heterocycles. The minimum absolute atomic E-state index is 0.0295. The Hall–Kier alpha value is -1.88. The van der Waals surface area contributed by atoms with Crippen molar-refractivity contribution < 1.29 is 9.59 Å². The molecule has 0 spiro atoms. The quantitative estimate of drug-likeness (QED) is 0.401. The lowest BCUT2D eigenvalue weighted by molar-refractivity contribution is -0.123. The van der Waals surface area contributed by atoms with Gasteiger partial charge < -0.3 is 15.5 Å². The minimum Gasteiger partial charge on any atom is -0.354 e. The summed E-state index contributed by atoms with van der Waals surface area (Å²) in [4.78, 5) is 28.7. The number of nitrogens with zero attached hydrogens (tertiary/aromatic N) is 1. The zero-order valence-corrected chi connectivity index (χ0v) is 23.4. The molecule has 1 aliphatic heterocycles. The third-order valence-corrected chi connectivity index (χ3v) is 10.2. The van der Waals surface area contributed by atoms with Crippen molar-refractivity contribution in [3.63, 3.8) is 0 Å². The summed E-state index contributed by atoms with van der Waals surface area (Å²) in [6.45, 7) is 9.15. The standard InChI is InChI=1S/C32H49N3O2/c1-4-28-8-5-6-14-35(28)15-7-13-33-31(37)29(22(2)3)34-30(36)26-9-11-27(12-10-26)32-19-23-16-24(20-32)18-25(17-23)21-32/h9-12,22-25,28-29H,4-8,13-21H2,1-3H3,(H,33,37)(H,34,36). The fourth-order valence-electron chi connectivity index (χ4n) is 8.62. The van der Waals surface area contributed by atoms with Gasteiger partial charge >= 0.3 is 0 Å². The second kappa shape index (κ2) is 11.5. The van der Waals surface area contributed by atoms with Crippen LogP contribution < -0.4 is 10.6 Å². The molecule has 2 amide bonds. The summed E-state index contributed by atoms with van der Waals surface area (Å²) in [6, 6.07) is 8.56. The van der Waals surface area contributed by atoms with Gasteiger partial charge in [0.25, 0.3) is 5.91 Å². The molecule has 1 saturated heterocycles. The summed E-state index contributed by atoms with van der Waals surface area (Å²) in [6.07, 6.45) is 14.4. The van der Waals surface area contributed by atoms with Crippen LogP contribution in [0, 0.1) is 23.7 Å². The summed E-state index contributed by atoms with van der Waals surface area (Å²) in [5, 5.41) is 6.13. The molecule has 0 radical (unpaired) electrons. The summed E-state index contributed by atoms with van der Waals surface area (Å²) in [5.74, 6) is 2.54. The van der Waals surface area contributed by atoms with Crippen LogP contribution in [0.2, 0.25) is 0 Å². The maximum Gasteiger partial charge on any atom is 0.251 e. The summed E-state index contributed by atoms with van der Waals surface area (Å²) in [5.41, 5.74) is 2.43. The zero-order chi connectivity index (χ0) is 26.0. The molecule has 4 saturated carbocycles. The molecule has 2 N–H and O–H groups in total. The molecule has 5 aliphatic rings. The molecule has 2 atom stereocenters. The maximum atomic E-state index is 13.1. The van der Waals surface area contributed by atoms with E-state index in [1.165, 1.54) is 76.3 Å². The van der Waals surface area contributed by atoms with Gasteiger partial charge in [0, 0.05) is 24.7 Å². The molecular weight excluding hydrogens is 458 g/mol. The van der Waals surface area contributed by atoms with Crippen LogP contribution in [0.15, 0.2) is 24.3 Å². The average Bonchev–Trinajstić information content (AvgIpc) is 2.89. The number of rotatable bonds is 10. The number of carbonyl (C=O) groups excluding carboxylic acids is 2. The molecule has 204 valence electrons. The lowest BCUT2D eigenvalue weighted by atomic mass is 9.48. The van der Waals surface area contributed by atoms with Gasteiger partial charge in [-0.15, -0.1) is 0 Å². The van der Waals surface area contributed by atoms with Gasteiger partial charge in [-0.1, -0.05) is 39.3 Å². The third kappa shape index (κ3) is 5.92. The molecule has 5 heteroatoms. The van der Waals surface area contributed by atoms with Crippen LogP contribution in [0.25, 0.3) is 0 Å². The zero-order valence-electron chi connectivity index (χ0n) is 23.4. The molecule has 1 aromatic carbocycles. The fourth-order valence-corrected chi connectivity index (χ4v) is 8.62. The molecule has 4 aliphatic carbocycles. The highest BCUT2D eigenvalue weighted by atomic mass is 16.2. The van der Waals surface area contributed by atoms with E-state index in [2.05, 4.69) is 34.6 Å². The van der Waals surface area contributed by atoms with Crippen LogP contribution in [0.4, 0.5) is 0 Å². The first-order valence-electron chi connectivity index (χ1n) is 15.3.